The normalized spacial score (nSPS) is 14.6. The van der Waals surface area contributed by atoms with Gasteiger partial charge in [0.2, 0.25) is 0 Å². The maximum absolute atomic E-state index is 13.0. The molecule has 10 heteroatoms. The number of hydrogen-bond acceptors (Lipinski definition) is 7. The molecule has 4 rings (SSSR count). The van der Waals surface area contributed by atoms with E-state index in [0.29, 0.717) is 22.8 Å². The highest BCUT2D eigenvalue weighted by atomic mass is 16.5. The van der Waals surface area contributed by atoms with Crippen LogP contribution in [0.2, 0.25) is 0 Å². The minimum absolute atomic E-state index is 0.150. The Kier molecular flexibility index (Phi) is 7.15. The average molecular weight is 489 g/mol. The highest BCUT2D eigenvalue weighted by Crippen LogP contribution is 2.33. The van der Waals surface area contributed by atoms with Gasteiger partial charge in [0.25, 0.3) is 17.7 Å². The molecule has 2 N–H and O–H groups in total. The van der Waals surface area contributed by atoms with Gasteiger partial charge in [0, 0.05) is 11.3 Å². The number of nitrogens with zero attached hydrogens (tertiary/aromatic N) is 1. The molecule has 5 amide bonds. The predicted molar refractivity (Wildman–Crippen MR) is 129 cm³/mol. The van der Waals surface area contributed by atoms with Crippen LogP contribution >= 0.6 is 0 Å². The monoisotopic (exact) mass is 489 g/mol. The lowest BCUT2D eigenvalue weighted by molar-refractivity contribution is -0.130. The predicted octanol–water partition coefficient (Wildman–Crippen LogP) is 3.28. The Morgan fingerprint density at radius 3 is 2.56 bits per heavy atom. The number of carbonyl (C=O) groups excluding carboxylic acids is 4. The van der Waals surface area contributed by atoms with Crippen LogP contribution in [-0.2, 0) is 20.9 Å². The Labute approximate surface area is 206 Å². The number of furan rings is 1. The molecular formula is C26H23N3O7. The fourth-order valence-corrected chi connectivity index (χ4v) is 3.48. The van der Waals surface area contributed by atoms with Crippen LogP contribution in [0, 0.1) is 6.92 Å². The number of hydrogen-bond donors (Lipinski definition) is 2. The third kappa shape index (κ3) is 5.44. The topological polar surface area (TPSA) is 127 Å². The summed E-state index contributed by atoms with van der Waals surface area (Å²) in [4.78, 5) is 51.1. The lowest BCUT2D eigenvalue weighted by Gasteiger charge is -2.25. The van der Waals surface area contributed by atoms with Gasteiger partial charge in [0.1, 0.15) is 11.3 Å². The number of barbiturate groups is 1. The quantitative estimate of drug-likeness (QED) is 0.367. The number of aryl methyl sites for hydroxylation is 1. The molecule has 1 saturated heterocycles. The van der Waals surface area contributed by atoms with Crippen LogP contribution in [0.3, 0.4) is 0 Å². The Morgan fingerprint density at radius 2 is 1.86 bits per heavy atom. The molecule has 2 aromatic carbocycles. The molecule has 1 aliphatic heterocycles. The maximum Gasteiger partial charge on any atom is 0.331 e. The first-order valence-corrected chi connectivity index (χ1v) is 10.9. The Bertz CT molecular complexity index is 1330. The lowest BCUT2D eigenvalue weighted by atomic mass is 10.1. The van der Waals surface area contributed by atoms with Crippen LogP contribution in [0.1, 0.15) is 16.9 Å². The zero-order valence-electron chi connectivity index (χ0n) is 19.6. The van der Waals surface area contributed by atoms with Gasteiger partial charge in [0.15, 0.2) is 18.1 Å². The van der Waals surface area contributed by atoms with Crippen molar-refractivity contribution in [3.05, 3.63) is 83.3 Å². The highest BCUT2D eigenvalue weighted by Gasteiger charge is 2.36. The second-order valence-electron chi connectivity index (χ2n) is 7.87. The molecule has 0 atom stereocenters. The third-order valence-electron chi connectivity index (χ3n) is 5.29. The smallest absolute Gasteiger partial charge is 0.331 e. The van der Waals surface area contributed by atoms with Gasteiger partial charge in [-0.2, -0.15) is 0 Å². The molecule has 0 radical (unpaired) electrons. The van der Waals surface area contributed by atoms with E-state index in [1.165, 1.54) is 19.4 Å². The highest BCUT2D eigenvalue weighted by molar-refractivity contribution is 6.31. The molecule has 0 unspecified atom stereocenters. The van der Waals surface area contributed by atoms with Gasteiger partial charge in [-0.05, 0) is 43.3 Å². The number of ether oxygens (including phenoxy) is 2. The standard InChI is InChI=1S/C26H23N3O7/c1-16-8-10-18(11-9-16)27-22(30)15-36-23-17(5-3-7-21(23)34-2)13-20-24(31)28-26(33)29(25(20)32)14-19-6-4-12-35-19/h3-13H,14-15H2,1-2H3,(H,27,30)(H,28,31,33)/b20-13+. The van der Waals surface area contributed by atoms with Crippen molar-refractivity contribution in [1.29, 1.82) is 0 Å². The summed E-state index contributed by atoms with van der Waals surface area (Å²) >= 11 is 0. The van der Waals surface area contributed by atoms with Crippen molar-refractivity contribution < 1.29 is 33.1 Å². The van der Waals surface area contributed by atoms with Crippen molar-refractivity contribution in [2.75, 3.05) is 19.0 Å². The van der Waals surface area contributed by atoms with Crippen LogP contribution in [0.25, 0.3) is 6.08 Å². The van der Waals surface area contributed by atoms with Crippen LogP contribution in [0.15, 0.2) is 70.9 Å². The van der Waals surface area contributed by atoms with E-state index < -0.39 is 23.8 Å². The number of imide groups is 2. The molecule has 10 nitrogen and oxygen atoms in total. The summed E-state index contributed by atoms with van der Waals surface area (Å²) in [7, 11) is 1.42. The van der Waals surface area contributed by atoms with Gasteiger partial charge in [-0.25, -0.2) is 4.79 Å². The third-order valence-corrected chi connectivity index (χ3v) is 5.29. The summed E-state index contributed by atoms with van der Waals surface area (Å²) in [5, 5.41) is 4.89. The van der Waals surface area contributed by atoms with Gasteiger partial charge in [-0.1, -0.05) is 29.8 Å². The summed E-state index contributed by atoms with van der Waals surface area (Å²) in [5.74, 6) is -1.25. The first kappa shape index (κ1) is 24.3. The van der Waals surface area contributed by atoms with Crippen LogP contribution < -0.4 is 20.1 Å². The first-order valence-electron chi connectivity index (χ1n) is 10.9. The minimum Gasteiger partial charge on any atom is -0.493 e. The minimum atomic E-state index is -0.855. The molecule has 36 heavy (non-hydrogen) atoms. The van der Waals surface area contributed by atoms with E-state index in [9.17, 15) is 19.2 Å². The van der Waals surface area contributed by atoms with E-state index in [2.05, 4.69) is 10.6 Å². The number of anilines is 1. The Hall–Kier alpha value is -4.86. The summed E-state index contributed by atoms with van der Waals surface area (Å²) in [5.41, 5.74) is 1.69. The van der Waals surface area contributed by atoms with Crippen molar-refractivity contribution in [1.82, 2.24) is 10.2 Å². The number of benzene rings is 2. The molecule has 0 saturated carbocycles. The summed E-state index contributed by atoms with van der Waals surface area (Å²) in [6.45, 7) is 1.44. The van der Waals surface area contributed by atoms with Gasteiger partial charge in [0.05, 0.1) is 19.9 Å². The molecule has 1 aliphatic rings. The summed E-state index contributed by atoms with van der Waals surface area (Å²) in [6.07, 6.45) is 2.70. The zero-order valence-corrected chi connectivity index (χ0v) is 19.6. The van der Waals surface area contributed by atoms with Crippen LogP contribution in [0.5, 0.6) is 11.5 Å². The van der Waals surface area contributed by atoms with Gasteiger partial charge >= 0.3 is 6.03 Å². The Balaban J connectivity index is 1.56. The van der Waals surface area contributed by atoms with Gasteiger partial charge in [-0.3, -0.25) is 24.6 Å². The molecule has 0 aliphatic carbocycles. The van der Waals surface area contributed by atoms with E-state index >= 15 is 0 Å². The average Bonchev–Trinajstić information content (AvgIpc) is 3.38. The van der Waals surface area contributed by atoms with Crippen LogP contribution in [-0.4, -0.2) is 42.4 Å². The summed E-state index contributed by atoms with van der Waals surface area (Å²) in [6, 6.07) is 14.5. The van der Waals surface area contributed by atoms with E-state index in [0.717, 1.165) is 10.5 Å². The van der Waals surface area contributed by atoms with E-state index in [1.54, 1.807) is 42.5 Å². The SMILES string of the molecule is COc1cccc(/C=C2\C(=O)NC(=O)N(Cc3ccco3)C2=O)c1OCC(=O)Nc1ccc(C)cc1. The fraction of sp³-hybridized carbons (Fsp3) is 0.154. The first-order chi connectivity index (χ1) is 17.4. The number of methoxy groups -OCH3 is 1. The van der Waals surface area contributed by atoms with Crippen molar-refractivity contribution in [2.45, 2.75) is 13.5 Å². The molecule has 0 bridgehead atoms. The zero-order chi connectivity index (χ0) is 25.7. The van der Waals surface area contributed by atoms with Crippen molar-refractivity contribution in [3.63, 3.8) is 0 Å². The second kappa shape index (κ2) is 10.6. The summed E-state index contributed by atoms with van der Waals surface area (Å²) < 4.78 is 16.3. The molecular weight excluding hydrogens is 466 g/mol. The number of para-hydroxylation sites is 1. The fourth-order valence-electron chi connectivity index (χ4n) is 3.48. The van der Waals surface area contributed by atoms with Crippen LogP contribution in [0.4, 0.5) is 10.5 Å². The molecule has 3 aromatic rings. The maximum atomic E-state index is 13.0. The molecule has 184 valence electrons. The second-order valence-corrected chi connectivity index (χ2v) is 7.87. The van der Waals surface area contributed by atoms with Crippen molar-refractivity contribution in [2.24, 2.45) is 0 Å². The molecule has 2 heterocycles. The lowest BCUT2D eigenvalue weighted by Crippen LogP contribution is -2.53. The molecule has 1 fully saturated rings. The number of urea groups is 1. The number of nitrogens with one attached hydrogen (secondary N) is 2. The molecule has 1 aromatic heterocycles. The van der Waals surface area contributed by atoms with Crippen molar-refractivity contribution >= 4 is 35.5 Å². The van der Waals surface area contributed by atoms with Gasteiger partial charge in [-0.15, -0.1) is 0 Å². The Morgan fingerprint density at radius 1 is 1.08 bits per heavy atom. The van der Waals surface area contributed by atoms with E-state index in [1.807, 2.05) is 19.1 Å². The largest absolute Gasteiger partial charge is 0.493 e. The molecule has 0 spiro atoms. The number of carbonyl (C=O) groups is 4. The number of rotatable bonds is 8. The van der Waals surface area contributed by atoms with Gasteiger partial charge < -0.3 is 19.2 Å². The van der Waals surface area contributed by atoms with E-state index in [-0.39, 0.29) is 24.5 Å². The van der Waals surface area contributed by atoms with Crippen molar-refractivity contribution in [3.8, 4) is 11.5 Å². The number of amides is 5. The van der Waals surface area contributed by atoms with E-state index in [4.69, 9.17) is 13.9 Å².